The van der Waals surface area contributed by atoms with Gasteiger partial charge < -0.3 is 14.6 Å². The van der Waals surface area contributed by atoms with Gasteiger partial charge in [0, 0.05) is 11.3 Å². The number of hydrogen-bond donors (Lipinski definition) is 1. The molecule has 0 aromatic heterocycles. The molecule has 1 atom stereocenters. The van der Waals surface area contributed by atoms with Crippen LogP contribution in [0.15, 0.2) is 84.4 Å². The summed E-state index contributed by atoms with van der Waals surface area (Å²) >= 11 is 0. The maximum absolute atomic E-state index is 13.1. The number of ether oxygens (including phenoxy) is 2. The number of aliphatic hydroxyl groups is 1. The Balaban J connectivity index is 1.96. The Labute approximate surface area is 180 Å². The second kappa shape index (κ2) is 8.36. The highest BCUT2D eigenvalue weighted by molar-refractivity contribution is 6.51. The van der Waals surface area contributed by atoms with E-state index in [0.29, 0.717) is 28.3 Å². The number of ketones is 1. The minimum absolute atomic E-state index is 0.0206. The lowest BCUT2D eigenvalue weighted by Gasteiger charge is -2.26. The van der Waals surface area contributed by atoms with Crippen molar-refractivity contribution >= 4 is 23.1 Å². The lowest BCUT2D eigenvalue weighted by molar-refractivity contribution is -0.132. The van der Waals surface area contributed by atoms with Crippen LogP contribution in [0.5, 0.6) is 11.5 Å². The molecule has 6 heteroatoms. The summed E-state index contributed by atoms with van der Waals surface area (Å²) in [6, 6.07) is 22.0. The molecule has 1 aliphatic rings. The van der Waals surface area contributed by atoms with Gasteiger partial charge in [-0.05, 0) is 29.8 Å². The number of nitrogens with zero attached hydrogens (tertiary/aromatic N) is 1. The van der Waals surface area contributed by atoms with Gasteiger partial charge in [0.05, 0.1) is 25.8 Å². The largest absolute Gasteiger partial charge is 0.507 e. The fraction of sp³-hybridized carbons (Fsp3) is 0.120. The summed E-state index contributed by atoms with van der Waals surface area (Å²) in [4.78, 5) is 27.6. The van der Waals surface area contributed by atoms with Gasteiger partial charge in [-0.1, -0.05) is 54.6 Å². The molecular weight excluding hydrogens is 394 g/mol. The Morgan fingerprint density at radius 2 is 1.45 bits per heavy atom. The van der Waals surface area contributed by atoms with Crippen molar-refractivity contribution in [1.82, 2.24) is 0 Å². The average Bonchev–Trinajstić information content (AvgIpc) is 3.09. The number of Topliss-reactive ketones (excluding diaryl/α,β-unsaturated/α-hetero) is 1. The Morgan fingerprint density at radius 1 is 0.839 bits per heavy atom. The van der Waals surface area contributed by atoms with Crippen molar-refractivity contribution in [1.29, 1.82) is 0 Å². The summed E-state index contributed by atoms with van der Waals surface area (Å²) in [5, 5.41) is 11.1. The monoisotopic (exact) mass is 415 g/mol. The van der Waals surface area contributed by atoms with E-state index in [4.69, 9.17) is 9.47 Å². The molecule has 0 spiro atoms. The first-order chi connectivity index (χ1) is 15.1. The predicted octanol–water partition coefficient (Wildman–Crippen LogP) is 4.33. The van der Waals surface area contributed by atoms with Crippen LogP contribution in [-0.4, -0.2) is 31.0 Å². The third-order valence-electron chi connectivity index (χ3n) is 5.25. The summed E-state index contributed by atoms with van der Waals surface area (Å²) < 4.78 is 10.7. The van der Waals surface area contributed by atoms with E-state index < -0.39 is 17.7 Å². The van der Waals surface area contributed by atoms with E-state index >= 15 is 0 Å². The van der Waals surface area contributed by atoms with Gasteiger partial charge in [-0.25, -0.2) is 0 Å². The van der Waals surface area contributed by atoms with Crippen LogP contribution in [0.2, 0.25) is 0 Å². The average molecular weight is 415 g/mol. The molecule has 1 fully saturated rings. The zero-order valence-electron chi connectivity index (χ0n) is 17.1. The minimum Gasteiger partial charge on any atom is -0.507 e. The van der Waals surface area contributed by atoms with Gasteiger partial charge in [0.2, 0.25) is 0 Å². The standard InChI is InChI=1S/C25H21NO5/c1-30-19-14-13-17(15-20(19)31-2)22-21(23(27)16-9-5-3-6-10-16)24(28)25(29)26(22)18-11-7-4-8-12-18/h3-15,22,27H,1-2H3/b23-21+/t22-/m1/s1. The molecule has 31 heavy (non-hydrogen) atoms. The lowest BCUT2D eigenvalue weighted by Crippen LogP contribution is -2.29. The third-order valence-corrected chi connectivity index (χ3v) is 5.25. The van der Waals surface area contributed by atoms with Crippen LogP contribution in [0.1, 0.15) is 17.2 Å². The number of aliphatic hydroxyl groups excluding tert-OH is 1. The normalized spacial score (nSPS) is 17.6. The topological polar surface area (TPSA) is 76.1 Å². The number of rotatable bonds is 5. The number of benzene rings is 3. The number of amides is 1. The van der Waals surface area contributed by atoms with Gasteiger partial charge in [-0.15, -0.1) is 0 Å². The molecule has 0 bridgehead atoms. The van der Waals surface area contributed by atoms with Crippen LogP contribution in [0.25, 0.3) is 5.76 Å². The van der Waals surface area contributed by atoms with Crippen molar-refractivity contribution < 1.29 is 24.2 Å². The van der Waals surface area contributed by atoms with Crippen LogP contribution in [-0.2, 0) is 9.59 Å². The van der Waals surface area contributed by atoms with Crippen molar-refractivity contribution in [2.45, 2.75) is 6.04 Å². The lowest BCUT2D eigenvalue weighted by atomic mass is 9.94. The minimum atomic E-state index is -0.831. The van der Waals surface area contributed by atoms with Crippen LogP contribution in [0.4, 0.5) is 5.69 Å². The summed E-state index contributed by atoms with van der Waals surface area (Å²) in [5.74, 6) is -0.699. The number of hydrogen-bond acceptors (Lipinski definition) is 5. The van der Waals surface area contributed by atoms with E-state index in [1.54, 1.807) is 66.7 Å². The fourth-order valence-electron chi connectivity index (χ4n) is 3.78. The first kappa shape index (κ1) is 20.2. The zero-order chi connectivity index (χ0) is 22.0. The van der Waals surface area contributed by atoms with Gasteiger partial charge in [0.25, 0.3) is 11.7 Å². The molecule has 0 radical (unpaired) electrons. The number of carbonyl (C=O) groups excluding carboxylic acids is 2. The molecule has 156 valence electrons. The maximum Gasteiger partial charge on any atom is 0.300 e. The third kappa shape index (κ3) is 3.53. The first-order valence-corrected chi connectivity index (χ1v) is 9.70. The number of anilines is 1. The quantitative estimate of drug-likeness (QED) is 0.381. The van der Waals surface area contributed by atoms with Gasteiger partial charge in [0.15, 0.2) is 11.5 Å². The highest BCUT2D eigenvalue weighted by atomic mass is 16.5. The molecule has 3 aromatic rings. The van der Waals surface area contributed by atoms with Crippen molar-refractivity contribution in [3.63, 3.8) is 0 Å². The molecule has 0 aliphatic carbocycles. The Morgan fingerprint density at radius 3 is 2.06 bits per heavy atom. The highest BCUT2D eigenvalue weighted by Gasteiger charge is 2.47. The van der Waals surface area contributed by atoms with E-state index in [1.807, 2.05) is 12.1 Å². The molecular formula is C25H21NO5. The molecule has 0 saturated carbocycles. The summed E-state index contributed by atoms with van der Waals surface area (Å²) in [5.41, 5.74) is 1.64. The SMILES string of the molecule is COc1ccc([C@@H]2/C(=C(\O)c3ccccc3)C(=O)C(=O)N2c2ccccc2)cc1OC. The Hall–Kier alpha value is -4.06. The number of methoxy groups -OCH3 is 2. The Kier molecular flexibility index (Phi) is 5.45. The predicted molar refractivity (Wildman–Crippen MR) is 117 cm³/mol. The molecule has 4 rings (SSSR count). The molecule has 0 unspecified atom stereocenters. The van der Waals surface area contributed by atoms with Crippen LogP contribution >= 0.6 is 0 Å². The van der Waals surface area contributed by atoms with Crippen LogP contribution in [0, 0.1) is 0 Å². The molecule has 1 heterocycles. The summed E-state index contributed by atoms with van der Waals surface area (Å²) in [6.07, 6.45) is 0. The second-order valence-corrected chi connectivity index (χ2v) is 6.99. The van der Waals surface area contributed by atoms with Crippen LogP contribution < -0.4 is 14.4 Å². The number of carbonyl (C=O) groups is 2. The first-order valence-electron chi connectivity index (χ1n) is 9.70. The van der Waals surface area contributed by atoms with E-state index in [1.165, 1.54) is 19.1 Å². The molecule has 3 aromatic carbocycles. The van der Waals surface area contributed by atoms with Gasteiger partial charge in [-0.2, -0.15) is 0 Å². The molecule has 1 N–H and O–H groups in total. The van der Waals surface area contributed by atoms with Crippen LogP contribution in [0.3, 0.4) is 0 Å². The fourth-order valence-corrected chi connectivity index (χ4v) is 3.78. The van der Waals surface area contributed by atoms with Crippen molar-refractivity contribution in [2.75, 3.05) is 19.1 Å². The number of para-hydroxylation sites is 1. The zero-order valence-corrected chi connectivity index (χ0v) is 17.1. The van der Waals surface area contributed by atoms with Gasteiger partial charge in [0.1, 0.15) is 5.76 Å². The molecule has 1 amide bonds. The highest BCUT2D eigenvalue weighted by Crippen LogP contribution is 2.43. The van der Waals surface area contributed by atoms with Crippen molar-refractivity contribution in [3.8, 4) is 11.5 Å². The van der Waals surface area contributed by atoms with Crippen molar-refractivity contribution in [3.05, 3.63) is 95.6 Å². The Bertz CT molecular complexity index is 1160. The summed E-state index contributed by atoms with van der Waals surface area (Å²) in [6.45, 7) is 0. The molecule has 6 nitrogen and oxygen atoms in total. The summed E-state index contributed by atoms with van der Waals surface area (Å²) in [7, 11) is 3.04. The van der Waals surface area contributed by atoms with E-state index in [2.05, 4.69) is 0 Å². The van der Waals surface area contributed by atoms with E-state index in [9.17, 15) is 14.7 Å². The van der Waals surface area contributed by atoms with Gasteiger partial charge in [-0.3, -0.25) is 14.5 Å². The maximum atomic E-state index is 13.1. The van der Waals surface area contributed by atoms with E-state index in [-0.39, 0.29) is 11.3 Å². The van der Waals surface area contributed by atoms with E-state index in [0.717, 1.165) is 0 Å². The molecule has 1 saturated heterocycles. The smallest absolute Gasteiger partial charge is 0.300 e. The second-order valence-electron chi connectivity index (χ2n) is 6.99. The van der Waals surface area contributed by atoms with Gasteiger partial charge >= 0.3 is 0 Å². The van der Waals surface area contributed by atoms with Crippen molar-refractivity contribution in [2.24, 2.45) is 0 Å². The molecule has 1 aliphatic heterocycles.